The van der Waals surface area contributed by atoms with E-state index in [4.69, 9.17) is 28.3 Å². The summed E-state index contributed by atoms with van der Waals surface area (Å²) in [7, 11) is 0. The first-order chi connectivity index (χ1) is 10.5. The first kappa shape index (κ1) is 14.8. The molecule has 0 spiro atoms. The molecule has 0 aliphatic heterocycles. The Morgan fingerprint density at radius 1 is 1.09 bits per heavy atom. The van der Waals surface area contributed by atoms with Crippen LogP contribution in [0.15, 0.2) is 42.6 Å². The van der Waals surface area contributed by atoms with Crippen LogP contribution in [0.3, 0.4) is 0 Å². The topological polar surface area (TPSA) is 50.2 Å². The van der Waals surface area contributed by atoms with E-state index in [2.05, 4.69) is 4.98 Å². The summed E-state index contributed by atoms with van der Waals surface area (Å²) in [5, 5.41) is 10.4. The van der Waals surface area contributed by atoms with Gasteiger partial charge in [0.1, 0.15) is 5.82 Å². The van der Waals surface area contributed by atoms with Gasteiger partial charge in [-0.25, -0.2) is 9.18 Å². The maximum Gasteiger partial charge on any atom is 0.335 e. The number of carboxylic acid groups (broad SMARTS) is 1. The lowest BCUT2D eigenvalue weighted by Crippen LogP contribution is -1.98. The van der Waals surface area contributed by atoms with Crippen LogP contribution in [0.4, 0.5) is 4.39 Å². The molecular formula is C16H8Cl2FNO2. The Morgan fingerprint density at radius 3 is 2.41 bits per heavy atom. The van der Waals surface area contributed by atoms with Crippen LogP contribution in [0.2, 0.25) is 10.0 Å². The second-order valence-corrected chi connectivity index (χ2v) is 5.43. The van der Waals surface area contributed by atoms with Gasteiger partial charge in [0.25, 0.3) is 0 Å². The van der Waals surface area contributed by atoms with Gasteiger partial charge in [0, 0.05) is 16.3 Å². The Balaban J connectivity index is 2.41. The molecule has 0 unspecified atom stereocenters. The van der Waals surface area contributed by atoms with Gasteiger partial charge in [-0.2, -0.15) is 0 Å². The monoisotopic (exact) mass is 335 g/mol. The lowest BCUT2D eigenvalue weighted by Gasteiger charge is -2.10. The minimum Gasteiger partial charge on any atom is -0.478 e. The van der Waals surface area contributed by atoms with E-state index in [-0.39, 0.29) is 10.9 Å². The van der Waals surface area contributed by atoms with Crippen molar-refractivity contribution in [3.8, 4) is 11.3 Å². The summed E-state index contributed by atoms with van der Waals surface area (Å²) < 4.78 is 13.9. The van der Waals surface area contributed by atoms with Gasteiger partial charge in [-0.1, -0.05) is 35.3 Å². The standard InChI is InChI=1S/C16H8Cl2FNO2/c17-11-2-1-3-12(18)14(11)15-10-6-8(16(21)22)4-5-9(10)13(19)7-20-15/h1-7H,(H,21,22). The maximum atomic E-state index is 13.9. The number of pyridine rings is 1. The van der Waals surface area contributed by atoms with E-state index >= 15 is 0 Å². The van der Waals surface area contributed by atoms with Crippen molar-refractivity contribution in [3.05, 3.63) is 64.0 Å². The second-order valence-electron chi connectivity index (χ2n) is 4.62. The Morgan fingerprint density at radius 2 is 1.77 bits per heavy atom. The predicted octanol–water partition coefficient (Wildman–Crippen LogP) is 5.05. The van der Waals surface area contributed by atoms with E-state index in [0.717, 1.165) is 6.20 Å². The second kappa shape index (κ2) is 5.55. The maximum absolute atomic E-state index is 13.9. The molecule has 1 aromatic heterocycles. The molecule has 22 heavy (non-hydrogen) atoms. The largest absolute Gasteiger partial charge is 0.478 e. The molecule has 1 N–H and O–H groups in total. The first-order valence-electron chi connectivity index (χ1n) is 6.25. The number of fused-ring (bicyclic) bond motifs is 1. The lowest BCUT2D eigenvalue weighted by atomic mass is 10.0. The van der Waals surface area contributed by atoms with E-state index in [9.17, 15) is 9.18 Å². The fourth-order valence-corrected chi connectivity index (χ4v) is 2.84. The molecule has 0 saturated heterocycles. The van der Waals surface area contributed by atoms with Crippen LogP contribution in [0, 0.1) is 5.82 Å². The highest BCUT2D eigenvalue weighted by Gasteiger charge is 2.16. The van der Waals surface area contributed by atoms with Crippen LogP contribution in [-0.4, -0.2) is 16.1 Å². The van der Waals surface area contributed by atoms with Gasteiger partial charge in [0.05, 0.1) is 27.5 Å². The molecule has 2 aromatic carbocycles. The lowest BCUT2D eigenvalue weighted by molar-refractivity contribution is 0.0697. The zero-order valence-electron chi connectivity index (χ0n) is 11.0. The van der Waals surface area contributed by atoms with Gasteiger partial charge in [-0.05, 0) is 24.3 Å². The third kappa shape index (κ3) is 2.40. The summed E-state index contributed by atoms with van der Waals surface area (Å²) in [5.74, 6) is -1.65. The number of halogens is 3. The number of aromatic nitrogens is 1. The molecule has 110 valence electrons. The molecular weight excluding hydrogens is 328 g/mol. The van der Waals surface area contributed by atoms with Crippen LogP contribution in [-0.2, 0) is 0 Å². The Labute approximate surface area is 134 Å². The first-order valence-corrected chi connectivity index (χ1v) is 7.00. The summed E-state index contributed by atoms with van der Waals surface area (Å²) in [5.41, 5.74) is 0.817. The van der Waals surface area contributed by atoms with Crippen molar-refractivity contribution in [2.24, 2.45) is 0 Å². The molecule has 6 heteroatoms. The Bertz CT molecular complexity index is 892. The minimum absolute atomic E-state index is 0.0318. The number of aromatic carboxylic acids is 1. The third-order valence-corrected chi connectivity index (χ3v) is 3.92. The van der Waals surface area contributed by atoms with Crippen molar-refractivity contribution in [2.45, 2.75) is 0 Å². The molecule has 3 nitrogen and oxygen atoms in total. The summed E-state index contributed by atoms with van der Waals surface area (Å²) >= 11 is 12.3. The van der Waals surface area contributed by atoms with E-state index < -0.39 is 11.8 Å². The van der Waals surface area contributed by atoms with Crippen molar-refractivity contribution in [2.75, 3.05) is 0 Å². The smallest absolute Gasteiger partial charge is 0.335 e. The summed E-state index contributed by atoms with van der Waals surface area (Å²) in [6.45, 7) is 0. The highest BCUT2D eigenvalue weighted by atomic mass is 35.5. The van der Waals surface area contributed by atoms with E-state index in [1.165, 1.54) is 18.2 Å². The fraction of sp³-hybridized carbons (Fsp3) is 0. The van der Waals surface area contributed by atoms with Crippen LogP contribution in [0.5, 0.6) is 0 Å². The minimum atomic E-state index is -1.11. The van der Waals surface area contributed by atoms with Crippen molar-refractivity contribution in [1.82, 2.24) is 4.98 Å². The SMILES string of the molecule is O=C(O)c1ccc2c(F)cnc(-c3c(Cl)cccc3Cl)c2c1. The fourth-order valence-electron chi connectivity index (χ4n) is 2.27. The van der Waals surface area contributed by atoms with E-state index in [1.807, 2.05) is 0 Å². The number of benzene rings is 2. The average Bonchev–Trinajstić information content (AvgIpc) is 2.49. The molecule has 0 saturated carbocycles. The number of carboxylic acids is 1. The number of nitrogens with zero attached hydrogens (tertiary/aromatic N) is 1. The van der Waals surface area contributed by atoms with Crippen molar-refractivity contribution >= 4 is 39.9 Å². The molecule has 1 heterocycles. The third-order valence-electron chi connectivity index (χ3n) is 3.29. The highest BCUT2D eigenvalue weighted by Crippen LogP contribution is 2.37. The van der Waals surface area contributed by atoms with Gasteiger partial charge < -0.3 is 5.11 Å². The molecule has 0 atom stereocenters. The van der Waals surface area contributed by atoms with Gasteiger partial charge in [0.2, 0.25) is 0 Å². The molecule has 0 aliphatic carbocycles. The van der Waals surface area contributed by atoms with Gasteiger partial charge in [0.15, 0.2) is 0 Å². The van der Waals surface area contributed by atoms with Crippen LogP contribution in [0.25, 0.3) is 22.0 Å². The number of hydrogen-bond donors (Lipinski definition) is 1. The zero-order valence-corrected chi connectivity index (χ0v) is 12.5. The van der Waals surface area contributed by atoms with Crippen molar-refractivity contribution < 1.29 is 14.3 Å². The predicted molar refractivity (Wildman–Crippen MR) is 84.1 cm³/mol. The zero-order chi connectivity index (χ0) is 15.9. The summed E-state index contributed by atoms with van der Waals surface area (Å²) in [6.07, 6.45) is 1.07. The van der Waals surface area contributed by atoms with Gasteiger partial charge >= 0.3 is 5.97 Å². The van der Waals surface area contributed by atoms with Gasteiger partial charge in [-0.3, -0.25) is 4.98 Å². The van der Waals surface area contributed by atoms with Crippen LogP contribution >= 0.6 is 23.2 Å². The van der Waals surface area contributed by atoms with Gasteiger partial charge in [-0.15, -0.1) is 0 Å². The number of rotatable bonds is 2. The van der Waals surface area contributed by atoms with E-state index in [0.29, 0.717) is 26.7 Å². The summed E-state index contributed by atoms with van der Waals surface area (Å²) in [4.78, 5) is 15.2. The molecule has 0 aliphatic rings. The highest BCUT2D eigenvalue weighted by molar-refractivity contribution is 6.39. The molecule has 0 radical (unpaired) electrons. The Kier molecular flexibility index (Phi) is 3.72. The van der Waals surface area contributed by atoms with Crippen LogP contribution < -0.4 is 0 Å². The molecule has 0 bridgehead atoms. The molecule has 0 fully saturated rings. The molecule has 3 rings (SSSR count). The molecule has 3 aromatic rings. The molecule has 0 amide bonds. The normalized spacial score (nSPS) is 10.9. The quantitative estimate of drug-likeness (QED) is 0.713. The van der Waals surface area contributed by atoms with Crippen molar-refractivity contribution in [3.63, 3.8) is 0 Å². The van der Waals surface area contributed by atoms with Crippen LogP contribution in [0.1, 0.15) is 10.4 Å². The summed E-state index contributed by atoms with van der Waals surface area (Å²) in [6, 6.07) is 9.07. The number of carbonyl (C=O) groups is 1. The van der Waals surface area contributed by atoms with Crippen molar-refractivity contribution in [1.29, 1.82) is 0 Å². The average molecular weight is 336 g/mol. The Hall–Kier alpha value is -2.17. The number of hydrogen-bond acceptors (Lipinski definition) is 2. The van der Waals surface area contributed by atoms with E-state index in [1.54, 1.807) is 18.2 Å².